The third kappa shape index (κ3) is 7.35. The Morgan fingerprint density at radius 1 is 0.950 bits per heavy atom. The smallest absolute Gasteiger partial charge is 0.251 e. The summed E-state index contributed by atoms with van der Waals surface area (Å²) in [6.07, 6.45) is 3.35. The second kappa shape index (κ2) is 13.6. The summed E-state index contributed by atoms with van der Waals surface area (Å²) in [5, 5.41) is 3.47. The van der Waals surface area contributed by atoms with Gasteiger partial charge in [0.1, 0.15) is 17.5 Å². The van der Waals surface area contributed by atoms with Gasteiger partial charge >= 0.3 is 0 Å². The Morgan fingerprint density at radius 2 is 1.70 bits per heavy atom. The zero-order valence-electron chi connectivity index (χ0n) is 22.8. The van der Waals surface area contributed by atoms with E-state index in [-0.39, 0.29) is 24.1 Å². The Labute approximate surface area is 238 Å². The number of nitrogens with zero attached hydrogens (tertiary/aromatic N) is 4. The van der Waals surface area contributed by atoms with Crippen LogP contribution in [0.15, 0.2) is 84.3 Å². The minimum Gasteiger partial charge on any atom is -0.497 e. The summed E-state index contributed by atoms with van der Waals surface area (Å²) in [5.41, 5.74) is 3.56. The van der Waals surface area contributed by atoms with Gasteiger partial charge in [-0.1, -0.05) is 48.2 Å². The number of carbonyl (C=O) groups excluding carboxylic acids is 2. The van der Waals surface area contributed by atoms with E-state index in [2.05, 4.69) is 20.3 Å². The molecule has 0 aliphatic carbocycles. The lowest BCUT2D eigenvalue weighted by Crippen LogP contribution is -2.42. The van der Waals surface area contributed by atoms with Crippen LogP contribution in [-0.2, 0) is 16.1 Å². The molecule has 0 fully saturated rings. The van der Waals surface area contributed by atoms with Crippen LogP contribution in [0.1, 0.15) is 28.6 Å². The summed E-state index contributed by atoms with van der Waals surface area (Å²) in [7, 11) is 3.07. The highest BCUT2D eigenvalue weighted by molar-refractivity contribution is 7.99. The predicted molar refractivity (Wildman–Crippen MR) is 154 cm³/mol. The van der Waals surface area contributed by atoms with Crippen molar-refractivity contribution in [3.05, 3.63) is 102 Å². The lowest BCUT2D eigenvalue weighted by atomic mass is 10.0. The average Bonchev–Trinajstić information content (AvgIpc) is 2.96. The first-order chi connectivity index (χ1) is 19.4. The van der Waals surface area contributed by atoms with Crippen molar-refractivity contribution < 1.29 is 19.1 Å². The number of anilines is 1. The molecule has 0 aliphatic heterocycles. The lowest BCUT2D eigenvalue weighted by Gasteiger charge is -2.31. The zero-order valence-corrected chi connectivity index (χ0v) is 23.6. The normalized spacial score (nSPS) is 11.4. The van der Waals surface area contributed by atoms with Crippen molar-refractivity contribution in [2.75, 3.05) is 25.3 Å². The molecular formula is C30H31N5O4S. The molecule has 0 aliphatic rings. The van der Waals surface area contributed by atoms with Gasteiger partial charge in [-0.3, -0.25) is 14.6 Å². The van der Waals surface area contributed by atoms with Crippen molar-refractivity contribution in [1.29, 1.82) is 0 Å². The van der Waals surface area contributed by atoms with Crippen LogP contribution in [0, 0.1) is 13.8 Å². The van der Waals surface area contributed by atoms with Crippen LogP contribution >= 0.6 is 11.8 Å². The van der Waals surface area contributed by atoms with E-state index in [0.29, 0.717) is 27.9 Å². The maximum absolute atomic E-state index is 14.0. The molecular weight excluding hydrogens is 526 g/mol. The number of rotatable bonds is 11. The summed E-state index contributed by atoms with van der Waals surface area (Å²) in [5.74, 6) is 0.438. The van der Waals surface area contributed by atoms with Crippen molar-refractivity contribution >= 4 is 29.3 Å². The quantitative estimate of drug-likeness (QED) is 0.203. The summed E-state index contributed by atoms with van der Waals surface area (Å²) in [4.78, 5) is 42.5. The number of carbonyl (C=O) groups is 2. The zero-order chi connectivity index (χ0) is 28.5. The van der Waals surface area contributed by atoms with Gasteiger partial charge in [-0.15, -0.1) is 0 Å². The summed E-state index contributed by atoms with van der Waals surface area (Å²) >= 11 is 1.24. The number of benzene rings is 2. The molecule has 0 spiro atoms. The molecule has 1 N–H and O–H groups in total. The van der Waals surface area contributed by atoms with E-state index in [1.54, 1.807) is 48.7 Å². The van der Waals surface area contributed by atoms with Crippen molar-refractivity contribution in [3.8, 4) is 11.5 Å². The van der Waals surface area contributed by atoms with Crippen LogP contribution in [0.2, 0.25) is 0 Å². The summed E-state index contributed by atoms with van der Waals surface area (Å²) in [6.45, 7) is 3.95. The number of amides is 2. The van der Waals surface area contributed by atoms with E-state index in [4.69, 9.17) is 9.47 Å². The van der Waals surface area contributed by atoms with Crippen LogP contribution in [0.3, 0.4) is 0 Å². The van der Waals surface area contributed by atoms with Gasteiger partial charge in [0, 0.05) is 36.4 Å². The topological polar surface area (TPSA) is 107 Å². The fourth-order valence-electron chi connectivity index (χ4n) is 4.19. The monoisotopic (exact) mass is 557 g/mol. The van der Waals surface area contributed by atoms with Crippen LogP contribution in [-0.4, -0.2) is 51.6 Å². The Kier molecular flexibility index (Phi) is 9.69. The van der Waals surface area contributed by atoms with Gasteiger partial charge in [-0.25, -0.2) is 9.97 Å². The third-order valence-electron chi connectivity index (χ3n) is 6.02. The van der Waals surface area contributed by atoms with Gasteiger partial charge in [-0.05, 0) is 49.2 Å². The molecule has 9 nitrogen and oxygen atoms in total. The van der Waals surface area contributed by atoms with E-state index < -0.39 is 6.04 Å². The first-order valence-electron chi connectivity index (χ1n) is 12.6. The summed E-state index contributed by atoms with van der Waals surface area (Å²) < 4.78 is 10.8. The molecule has 40 heavy (non-hydrogen) atoms. The number of hydrogen-bond acceptors (Lipinski definition) is 8. The molecule has 0 radical (unpaired) electrons. The molecule has 4 aromatic rings. The molecule has 0 bridgehead atoms. The predicted octanol–water partition coefficient (Wildman–Crippen LogP) is 5.01. The van der Waals surface area contributed by atoms with Gasteiger partial charge in [0.05, 0.1) is 25.7 Å². The number of nitrogens with one attached hydrogen (secondary N) is 1. The third-order valence-corrected chi connectivity index (χ3v) is 6.86. The molecule has 2 aromatic heterocycles. The molecule has 1 unspecified atom stereocenters. The number of hydrogen-bond donors (Lipinski definition) is 1. The molecule has 2 aromatic carbocycles. The second-order valence-corrected chi connectivity index (χ2v) is 9.92. The fraction of sp³-hybridized carbons (Fsp3) is 0.233. The SMILES string of the molecule is COc1ccc(NC(=O)C(c2ccccc2)N(Cc2cccnc2)C(=O)CSc2nc(C)cc(C)n2)c(OC)c1. The van der Waals surface area contributed by atoms with Crippen molar-refractivity contribution in [2.45, 2.75) is 31.6 Å². The molecule has 0 saturated carbocycles. The van der Waals surface area contributed by atoms with Gasteiger partial charge < -0.3 is 19.7 Å². The maximum atomic E-state index is 14.0. The summed E-state index contributed by atoms with van der Waals surface area (Å²) in [6, 6.07) is 19.0. The first kappa shape index (κ1) is 28.6. The minimum atomic E-state index is -0.943. The largest absolute Gasteiger partial charge is 0.497 e. The molecule has 2 heterocycles. The second-order valence-electron chi connectivity index (χ2n) is 8.97. The van der Waals surface area contributed by atoms with E-state index in [1.807, 2.05) is 56.3 Å². The molecule has 2 amide bonds. The molecule has 0 saturated heterocycles. The highest BCUT2D eigenvalue weighted by Crippen LogP contribution is 2.32. The van der Waals surface area contributed by atoms with E-state index >= 15 is 0 Å². The Balaban J connectivity index is 1.69. The Hall–Kier alpha value is -4.44. The van der Waals surface area contributed by atoms with Gasteiger partial charge in [0.2, 0.25) is 5.91 Å². The highest BCUT2D eigenvalue weighted by atomic mass is 32.2. The van der Waals surface area contributed by atoms with Crippen LogP contribution in [0.5, 0.6) is 11.5 Å². The Morgan fingerprint density at radius 3 is 2.35 bits per heavy atom. The highest BCUT2D eigenvalue weighted by Gasteiger charge is 2.32. The van der Waals surface area contributed by atoms with Gasteiger partial charge in [0.15, 0.2) is 5.16 Å². The molecule has 4 rings (SSSR count). The number of methoxy groups -OCH3 is 2. The number of pyridine rings is 1. The van der Waals surface area contributed by atoms with E-state index in [0.717, 1.165) is 17.0 Å². The molecule has 1 atom stereocenters. The Bertz CT molecular complexity index is 1430. The minimum absolute atomic E-state index is 0.0472. The number of ether oxygens (including phenoxy) is 2. The molecule has 10 heteroatoms. The lowest BCUT2D eigenvalue weighted by molar-refractivity contribution is -0.137. The van der Waals surface area contributed by atoms with E-state index in [1.165, 1.54) is 18.9 Å². The van der Waals surface area contributed by atoms with Crippen molar-refractivity contribution in [2.24, 2.45) is 0 Å². The average molecular weight is 558 g/mol. The van der Waals surface area contributed by atoms with E-state index in [9.17, 15) is 9.59 Å². The fourth-order valence-corrected chi connectivity index (χ4v) is 5.03. The number of aryl methyl sites for hydroxylation is 2. The first-order valence-corrected chi connectivity index (χ1v) is 13.6. The van der Waals surface area contributed by atoms with Crippen LogP contribution in [0.25, 0.3) is 0 Å². The number of aromatic nitrogens is 3. The van der Waals surface area contributed by atoms with Gasteiger partial charge in [-0.2, -0.15) is 0 Å². The van der Waals surface area contributed by atoms with Crippen molar-refractivity contribution in [1.82, 2.24) is 19.9 Å². The number of thioether (sulfide) groups is 1. The van der Waals surface area contributed by atoms with Crippen LogP contribution < -0.4 is 14.8 Å². The van der Waals surface area contributed by atoms with Crippen LogP contribution in [0.4, 0.5) is 5.69 Å². The standard InChI is InChI=1S/C30H31N5O4S/c1-20-15-21(2)33-30(32-20)40-19-27(36)35(18-22-9-8-14-31-17-22)28(23-10-6-5-7-11-23)29(37)34-25-13-12-24(38-3)16-26(25)39-4/h5-17,28H,18-19H2,1-4H3,(H,34,37). The molecule has 206 valence electrons. The maximum Gasteiger partial charge on any atom is 0.251 e. The van der Waals surface area contributed by atoms with Gasteiger partial charge in [0.25, 0.3) is 5.91 Å². The van der Waals surface area contributed by atoms with Crippen molar-refractivity contribution in [3.63, 3.8) is 0 Å².